The van der Waals surface area contributed by atoms with E-state index >= 15 is 0 Å². The number of para-hydroxylation sites is 1. The van der Waals surface area contributed by atoms with Crippen molar-refractivity contribution in [2.45, 2.75) is 0 Å². The molecule has 0 saturated carbocycles. The summed E-state index contributed by atoms with van der Waals surface area (Å²) in [6.07, 6.45) is 0. The third-order valence-electron chi connectivity index (χ3n) is 7.46. The molecular weight excluding hydrogens is 400 g/mol. The first kappa shape index (κ1) is 17.3. The number of hydrogen-bond donors (Lipinski definition) is 0. The molecule has 8 aromatic rings. The number of benzene rings is 5. The number of nitrogens with zero attached hydrogens (tertiary/aromatic N) is 2. The maximum absolute atomic E-state index is 2.51. The Kier molecular flexibility index (Phi) is 3.11. The highest BCUT2D eigenvalue weighted by Crippen LogP contribution is 2.43. The topological polar surface area (TPSA) is 9.34 Å². The number of hydrogen-bond acceptors (Lipinski definition) is 0. The van der Waals surface area contributed by atoms with E-state index in [2.05, 4.69) is 119 Å². The molecule has 0 saturated heterocycles. The Bertz CT molecular complexity index is 2020. The molecule has 3 heterocycles. The predicted octanol–water partition coefficient (Wildman–Crippen LogP) is 8.15. The lowest BCUT2D eigenvalue weighted by atomic mass is 10.0. The molecule has 0 unspecified atom stereocenters. The maximum Gasteiger partial charge on any atom is 0.0619 e. The van der Waals surface area contributed by atoms with Crippen molar-refractivity contribution in [3.05, 3.63) is 103 Å². The number of fused-ring (bicyclic) bond motifs is 5. The van der Waals surface area contributed by atoms with Crippen LogP contribution in [0.3, 0.4) is 0 Å². The van der Waals surface area contributed by atoms with E-state index in [1.807, 2.05) is 0 Å². The zero-order valence-electron chi connectivity index (χ0n) is 18.2. The smallest absolute Gasteiger partial charge is 0.0619 e. The van der Waals surface area contributed by atoms with E-state index in [4.69, 9.17) is 0 Å². The van der Waals surface area contributed by atoms with Gasteiger partial charge in [0.25, 0.3) is 0 Å². The second kappa shape index (κ2) is 5.93. The highest BCUT2D eigenvalue weighted by atomic mass is 15.0. The summed E-state index contributed by atoms with van der Waals surface area (Å²) >= 11 is 0. The van der Waals surface area contributed by atoms with E-state index in [9.17, 15) is 0 Å². The Labute approximate surface area is 190 Å². The van der Waals surface area contributed by atoms with Gasteiger partial charge in [0.15, 0.2) is 0 Å². The molecule has 8 rings (SSSR count). The minimum absolute atomic E-state index is 1.25. The van der Waals surface area contributed by atoms with Crippen LogP contribution in [0.2, 0.25) is 0 Å². The molecule has 0 aliphatic rings. The van der Waals surface area contributed by atoms with Gasteiger partial charge in [0.05, 0.1) is 22.1 Å². The summed E-state index contributed by atoms with van der Waals surface area (Å²) in [4.78, 5) is 0. The lowest BCUT2D eigenvalue weighted by Crippen LogP contribution is -1.89. The average Bonchev–Trinajstić information content (AvgIpc) is 3.32. The van der Waals surface area contributed by atoms with Gasteiger partial charge in [0.1, 0.15) is 0 Å². The molecule has 2 nitrogen and oxygen atoms in total. The highest BCUT2D eigenvalue weighted by Gasteiger charge is 2.20. The van der Waals surface area contributed by atoms with Crippen LogP contribution in [-0.4, -0.2) is 8.97 Å². The summed E-state index contributed by atoms with van der Waals surface area (Å²) in [5.74, 6) is 0. The van der Waals surface area contributed by atoms with Crippen molar-refractivity contribution in [1.29, 1.82) is 0 Å². The van der Waals surface area contributed by atoms with E-state index in [1.165, 1.54) is 71.0 Å². The first-order chi connectivity index (χ1) is 16.3. The molecular formula is C31H20N2. The Hall–Kier alpha value is -4.30. The van der Waals surface area contributed by atoms with Gasteiger partial charge in [-0.15, -0.1) is 0 Å². The largest absolute Gasteiger partial charge is 0.344 e. The van der Waals surface area contributed by atoms with Crippen molar-refractivity contribution in [3.8, 4) is 11.1 Å². The van der Waals surface area contributed by atoms with Gasteiger partial charge >= 0.3 is 0 Å². The van der Waals surface area contributed by atoms with Crippen molar-refractivity contribution < 1.29 is 0 Å². The normalized spacial score (nSPS) is 12.4. The van der Waals surface area contributed by atoms with Crippen LogP contribution >= 0.6 is 0 Å². The van der Waals surface area contributed by atoms with Gasteiger partial charge in [0.2, 0.25) is 0 Å². The fourth-order valence-electron chi connectivity index (χ4n) is 6.03. The molecule has 2 heteroatoms. The minimum atomic E-state index is 1.25. The zero-order chi connectivity index (χ0) is 21.7. The van der Waals surface area contributed by atoms with Gasteiger partial charge in [-0.3, -0.25) is 0 Å². The first-order valence-corrected chi connectivity index (χ1v) is 11.4. The van der Waals surface area contributed by atoms with E-state index in [1.54, 1.807) is 0 Å². The zero-order valence-corrected chi connectivity index (χ0v) is 18.2. The monoisotopic (exact) mass is 420 g/mol. The molecule has 0 fully saturated rings. The Balaban J connectivity index is 1.73. The van der Waals surface area contributed by atoms with E-state index in [0.29, 0.717) is 0 Å². The molecule has 0 bridgehead atoms. The molecule has 0 aliphatic carbocycles. The van der Waals surface area contributed by atoms with Crippen molar-refractivity contribution in [2.75, 3.05) is 0 Å². The van der Waals surface area contributed by atoms with Crippen LogP contribution < -0.4 is 0 Å². The molecule has 0 atom stereocenters. The second-order valence-corrected chi connectivity index (χ2v) is 9.07. The van der Waals surface area contributed by atoms with E-state index in [0.717, 1.165) is 0 Å². The summed E-state index contributed by atoms with van der Waals surface area (Å²) in [7, 11) is 2.18. The molecule has 0 radical (unpaired) electrons. The van der Waals surface area contributed by atoms with Gasteiger partial charge in [-0.05, 0) is 40.8 Å². The van der Waals surface area contributed by atoms with Crippen molar-refractivity contribution in [1.82, 2.24) is 8.97 Å². The molecule has 0 N–H and O–H groups in total. The number of aromatic nitrogens is 2. The van der Waals surface area contributed by atoms with Crippen molar-refractivity contribution >= 4 is 59.9 Å². The van der Waals surface area contributed by atoms with Gasteiger partial charge in [-0.25, -0.2) is 0 Å². The third-order valence-corrected chi connectivity index (χ3v) is 7.46. The quantitative estimate of drug-likeness (QED) is 0.253. The summed E-state index contributed by atoms with van der Waals surface area (Å²) in [5, 5.41) is 7.93. The highest BCUT2D eigenvalue weighted by molar-refractivity contribution is 6.30. The lowest BCUT2D eigenvalue weighted by Gasteiger charge is -2.05. The summed E-state index contributed by atoms with van der Waals surface area (Å²) in [6.45, 7) is 0. The fraction of sp³-hybridized carbons (Fsp3) is 0.0323. The van der Waals surface area contributed by atoms with Crippen LogP contribution in [0.15, 0.2) is 103 Å². The number of rotatable bonds is 1. The van der Waals surface area contributed by atoms with Crippen LogP contribution in [0, 0.1) is 0 Å². The minimum Gasteiger partial charge on any atom is -0.344 e. The summed E-state index contributed by atoms with van der Waals surface area (Å²) in [5.41, 5.74) is 8.88. The van der Waals surface area contributed by atoms with Gasteiger partial charge in [0, 0.05) is 39.5 Å². The van der Waals surface area contributed by atoms with Crippen LogP contribution in [0.25, 0.3) is 71.0 Å². The van der Waals surface area contributed by atoms with Gasteiger partial charge < -0.3 is 8.97 Å². The maximum atomic E-state index is 2.51. The summed E-state index contributed by atoms with van der Waals surface area (Å²) < 4.78 is 4.85. The van der Waals surface area contributed by atoms with Crippen LogP contribution in [-0.2, 0) is 7.05 Å². The van der Waals surface area contributed by atoms with E-state index in [-0.39, 0.29) is 0 Å². The second-order valence-electron chi connectivity index (χ2n) is 9.07. The first-order valence-electron chi connectivity index (χ1n) is 11.4. The van der Waals surface area contributed by atoms with Crippen molar-refractivity contribution in [3.63, 3.8) is 0 Å². The molecule has 33 heavy (non-hydrogen) atoms. The Morgan fingerprint density at radius 2 is 1.12 bits per heavy atom. The van der Waals surface area contributed by atoms with Crippen LogP contribution in [0.5, 0.6) is 0 Å². The Morgan fingerprint density at radius 3 is 1.97 bits per heavy atom. The van der Waals surface area contributed by atoms with E-state index < -0.39 is 0 Å². The molecule has 154 valence electrons. The van der Waals surface area contributed by atoms with Gasteiger partial charge in [-0.1, -0.05) is 78.9 Å². The van der Waals surface area contributed by atoms with Crippen LogP contribution in [0.1, 0.15) is 0 Å². The standard InChI is InChI=1S/C31H20N2/c1-32-25-13-6-10-22-24-12-5-11-23-21-17-16-20(19-8-3-2-4-9-19)18-28(21)33(31(23)24)27-15-7-14-26(32)30(27)29(22)25/h2-18H,1H3. The van der Waals surface area contributed by atoms with Crippen LogP contribution in [0.4, 0.5) is 0 Å². The Morgan fingerprint density at radius 1 is 0.455 bits per heavy atom. The summed E-state index contributed by atoms with van der Waals surface area (Å²) in [6, 6.07) is 37.8. The molecule has 0 amide bonds. The lowest BCUT2D eigenvalue weighted by molar-refractivity contribution is 1.01. The third kappa shape index (κ3) is 2.04. The van der Waals surface area contributed by atoms with Crippen molar-refractivity contribution in [2.24, 2.45) is 7.05 Å². The molecule has 0 aliphatic heterocycles. The molecule has 5 aromatic carbocycles. The molecule has 0 spiro atoms. The number of aryl methyl sites for hydroxylation is 1. The molecule has 3 aromatic heterocycles. The fourth-order valence-corrected chi connectivity index (χ4v) is 6.03. The average molecular weight is 421 g/mol. The SMILES string of the molecule is Cn1c2cccc3c4cccc5c6ccc(-c7ccccc7)cc6n(c6cccc1c6c32)c45. The van der Waals surface area contributed by atoms with Gasteiger partial charge in [-0.2, -0.15) is 0 Å². The predicted molar refractivity (Wildman–Crippen MR) is 141 cm³/mol.